The Balaban J connectivity index is 4.33. The van der Waals surface area contributed by atoms with Crippen LogP contribution in [0.4, 0.5) is 4.79 Å². The molecule has 0 saturated heterocycles. The van der Waals surface area contributed by atoms with E-state index in [-0.39, 0.29) is 30.6 Å². The Bertz CT molecular complexity index is 380. The molecule has 2 N–H and O–H groups in total. The van der Waals surface area contributed by atoms with Crippen molar-refractivity contribution >= 4 is 29.8 Å². The molecule has 0 aromatic heterocycles. The molecule has 0 fully saturated rings. The van der Waals surface area contributed by atoms with Gasteiger partial charge in [-0.15, -0.1) is 11.8 Å². The Morgan fingerprint density at radius 1 is 1.27 bits per heavy atom. The molecule has 0 saturated carbocycles. The number of alkyl carbamates (subject to hydrolysis) is 1. The fraction of sp³-hybridized carbons (Fsp3) is 0.786. The van der Waals surface area contributed by atoms with Crippen LogP contribution in [0.1, 0.15) is 40.5 Å². The maximum atomic E-state index is 11.7. The van der Waals surface area contributed by atoms with Gasteiger partial charge in [-0.25, -0.2) is 4.79 Å². The molecule has 0 aromatic rings. The van der Waals surface area contributed by atoms with Crippen molar-refractivity contribution in [2.24, 2.45) is 0 Å². The standard InChI is InChI=1S/C14H25NO6S/c1-5-20-12(18)9-22-8-10(6-7-11(16)17)15-13(19)21-14(2,3)4/h10H,5-9H2,1-4H3,(H,15,19)(H,16,17)/t10-/m0/s1. The Labute approximate surface area is 135 Å². The summed E-state index contributed by atoms with van der Waals surface area (Å²) in [5.41, 5.74) is -0.625. The van der Waals surface area contributed by atoms with E-state index in [9.17, 15) is 14.4 Å². The maximum absolute atomic E-state index is 11.7. The molecule has 1 amide bonds. The molecule has 0 heterocycles. The first-order chi connectivity index (χ1) is 10.1. The molecule has 128 valence electrons. The van der Waals surface area contributed by atoms with Gasteiger partial charge in [-0.3, -0.25) is 9.59 Å². The van der Waals surface area contributed by atoms with E-state index in [1.54, 1.807) is 27.7 Å². The lowest BCUT2D eigenvalue weighted by Crippen LogP contribution is -2.40. The lowest BCUT2D eigenvalue weighted by atomic mass is 10.2. The summed E-state index contributed by atoms with van der Waals surface area (Å²) in [6.07, 6.45) is -0.398. The summed E-state index contributed by atoms with van der Waals surface area (Å²) in [5.74, 6) is -0.702. The normalized spacial score (nSPS) is 12.4. The molecular formula is C14H25NO6S. The fourth-order valence-electron chi connectivity index (χ4n) is 1.46. The summed E-state index contributed by atoms with van der Waals surface area (Å²) in [7, 11) is 0. The van der Waals surface area contributed by atoms with Gasteiger partial charge in [-0.05, 0) is 34.1 Å². The van der Waals surface area contributed by atoms with Crippen molar-refractivity contribution in [1.29, 1.82) is 0 Å². The highest BCUT2D eigenvalue weighted by molar-refractivity contribution is 7.99. The zero-order chi connectivity index (χ0) is 17.2. The number of ether oxygens (including phenoxy) is 2. The number of carboxylic acids is 1. The van der Waals surface area contributed by atoms with Gasteiger partial charge in [0.25, 0.3) is 0 Å². The van der Waals surface area contributed by atoms with Crippen LogP contribution in [0.25, 0.3) is 0 Å². The quantitative estimate of drug-likeness (QED) is 0.622. The van der Waals surface area contributed by atoms with Crippen molar-refractivity contribution in [2.45, 2.75) is 52.2 Å². The summed E-state index contributed by atoms with van der Waals surface area (Å²) in [6, 6.07) is -0.384. The molecule has 22 heavy (non-hydrogen) atoms. The second-order valence-corrected chi connectivity index (χ2v) is 6.63. The van der Waals surface area contributed by atoms with Crippen LogP contribution in [0.3, 0.4) is 0 Å². The zero-order valence-corrected chi connectivity index (χ0v) is 14.3. The lowest BCUT2D eigenvalue weighted by molar-refractivity contribution is -0.140. The van der Waals surface area contributed by atoms with Crippen LogP contribution in [0.2, 0.25) is 0 Å². The number of esters is 1. The molecule has 0 radical (unpaired) electrons. The van der Waals surface area contributed by atoms with Crippen molar-refractivity contribution in [3.8, 4) is 0 Å². The summed E-state index contributed by atoms with van der Waals surface area (Å²) in [6.45, 7) is 7.28. The first-order valence-corrected chi connectivity index (χ1v) is 8.24. The highest BCUT2D eigenvalue weighted by Crippen LogP contribution is 2.11. The molecule has 0 aliphatic carbocycles. The van der Waals surface area contributed by atoms with E-state index < -0.39 is 17.7 Å². The fourth-order valence-corrected chi connectivity index (χ4v) is 2.36. The molecule has 0 bridgehead atoms. The first kappa shape index (κ1) is 20.6. The third-order valence-corrected chi connectivity index (χ3v) is 3.35. The Morgan fingerprint density at radius 2 is 1.91 bits per heavy atom. The minimum absolute atomic E-state index is 0.0690. The van der Waals surface area contributed by atoms with E-state index in [0.29, 0.717) is 12.4 Å². The highest BCUT2D eigenvalue weighted by Gasteiger charge is 2.20. The van der Waals surface area contributed by atoms with Gasteiger partial charge in [-0.2, -0.15) is 0 Å². The molecule has 0 aromatic carbocycles. The second kappa shape index (κ2) is 10.3. The van der Waals surface area contributed by atoms with Crippen LogP contribution in [0.5, 0.6) is 0 Å². The number of rotatable bonds is 9. The third-order valence-electron chi connectivity index (χ3n) is 2.27. The van der Waals surface area contributed by atoms with Gasteiger partial charge in [0.2, 0.25) is 0 Å². The Kier molecular flexibility index (Phi) is 9.64. The van der Waals surface area contributed by atoms with Gasteiger partial charge < -0.3 is 19.9 Å². The molecule has 0 unspecified atom stereocenters. The van der Waals surface area contributed by atoms with Crippen LogP contribution in [0, 0.1) is 0 Å². The predicted molar refractivity (Wildman–Crippen MR) is 84.0 cm³/mol. The summed E-state index contributed by atoms with van der Waals surface area (Å²) >= 11 is 1.28. The maximum Gasteiger partial charge on any atom is 0.407 e. The predicted octanol–water partition coefficient (Wildman–Crippen LogP) is 2.04. The smallest absolute Gasteiger partial charge is 0.407 e. The third kappa shape index (κ3) is 12.3. The zero-order valence-electron chi connectivity index (χ0n) is 13.5. The number of hydrogen-bond acceptors (Lipinski definition) is 6. The SMILES string of the molecule is CCOC(=O)CSC[C@H](CCC(=O)O)NC(=O)OC(C)(C)C. The molecule has 7 nitrogen and oxygen atoms in total. The summed E-state index contributed by atoms with van der Waals surface area (Å²) in [5, 5.41) is 11.4. The Hall–Kier alpha value is -1.44. The van der Waals surface area contributed by atoms with E-state index in [0.717, 1.165) is 0 Å². The van der Waals surface area contributed by atoms with Crippen LogP contribution in [-0.2, 0) is 19.1 Å². The van der Waals surface area contributed by atoms with E-state index in [2.05, 4.69) is 5.32 Å². The van der Waals surface area contributed by atoms with Crippen molar-refractivity contribution in [2.75, 3.05) is 18.1 Å². The van der Waals surface area contributed by atoms with Crippen LogP contribution < -0.4 is 5.32 Å². The van der Waals surface area contributed by atoms with Crippen LogP contribution >= 0.6 is 11.8 Å². The average Bonchev–Trinajstić information content (AvgIpc) is 2.33. The van der Waals surface area contributed by atoms with Gasteiger partial charge in [0.1, 0.15) is 5.60 Å². The molecule has 8 heteroatoms. The van der Waals surface area contributed by atoms with E-state index in [1.807, 2.05) is 0 Å². The largest absolute Gasteiger partial charge is 0.481 e. The second-order valence-electron chi connectivity index (χ2n) is 5.60. The van der Waals surface area contributed by atoms with E-state index in [4.69, 9.17) is 14.6 Å². The van der Waals surface area contributed by atoms with Crippen molar-refractivity contribution in [3.05, 3.63) is 0 Å². The minimum atomic E-state index is -0.939. The van der Waals surface area contributed by atoms with Crippen LogP contribution in [0.15, 0.2) is 0 Å². The number of thioether (sulfide) groups is 1. The number of carboxylic acid groups (broad SMARTS) is 1. The highest BCUT2D eigenvalue weighted by atomic mass is 32.2. The monoisotopic (exact) mass is 335 g/mol. The van der Waals surface area contributed by atoms with Gasteiger partial charge in [0.05, 0.1) is 12.4 Å². The molecule has 1 atom stereocenters. The van der Waals surface area contributed by atoms with Gasteiger partial charge >= 0.3 is 18.0 Å². The number of aliphatic carboxylic acids is 1. The number of amides is 1. The molecule has 0 aliphatic heterocycles. The average molecular weight is 335 g/mol. The summed E-state index contributed by atoms with van der Waals surface area (Å²) in [4.78, 5) is 33.6. The molecule has 0 rings (SSSR count). The van der Waals surface area contributed by atoms with Gasteiger partial charge in [0, 0.05) is 18.2 Å². The summed E-state index contributed by atoms with van der Waals surface area (Å²) < 4.78 is 9.95. The number of nitrogens with one attached hydrogen (secondary N) is 1. The van der Waals surface area contributed by atoms with Crippen molar-refractivity contribution in [1.82, 2.24) is 5.32 Å². The number of hydrogen-bond donors (Lipinski definition) is 2. The molecular weight excluding hydrogens is 310 g/mol. The van der Waals surface area contributed by atoms with Crippen LogP contribution in [-0.4, -0.2) is 52.9 Å². The van der Waals surface area contributed by atoms with E-state index >= 15 is 0 Å². The van der Waals surface area contributed by atoms with Gasteiger partial charge in [-0.1, -0.05) is 0 Å². The number of carbonyl (C=O) groups is 3. The molecule has 0 spiro atoms. The Morgan fingerprint density at radius 3 is 2.41 bits per heavy atom. The minimum Gasteiger partial charge on any atom is -0.481 e. The number of carbonyl (C=O) groups excluding carboxylic acids is 2. The first-order valence-electron chi connectivity index (χ1n) is 7.08. The lowest BCUT2D eigenvalue weighted by Gasteiger charge is -2.23. The van der Waals surface area contributed by atoms with Crippen molar-refractivity contribution < 1.29 is 29.0 Å². The topological polar surface area (TPSA) is 102 Å². The molecule has 0 aliphatic rings. The van der Waals surface area contributed by atoms with Crippen molar-refractivity contribution in [3.63, 3.8) is 0 Å². The van der Waals surface area contributed by atoms with Gasteiger partial charge in [0.15, 0.2) is 0 Å². The van der Waals surface area contributed by atoms with E-state index in [1.165, 1.54) is 11.8 Å².